The van der Waals surface area contributed by atoms with Gasteiger partial charge < -0.3 is 30.7 Å². The lowest BCUT2D eigenvalue weighted by molar-refractivity contribution is -0.145. The van der Waals surface area contributed by atoms with Crippen molar-refractivity contribution in [3.63, 3.8) is 0 Å². The molecular weight excluding hydrogens is 578 g/mol. The van der Waals surface area contributed by atoms with Crippen molar-refractivity contribution in [3.8, 4) is 0 Å². The van der Waals surface area contributed by atoms with E-state index >= 15 is 0 Å². The van der Waals surface area contributed by atoms with Crippen LogP contribution in [-0.4, -0.2) is 82.3 Å². The molecule has 45 heavy (non-hydrogen) atoms. The van der Waals surface area contributed by atoms with Gasteiger partial charge in [0.15, 0.2) is 0 Å². The second-order valence-corrected chi connectivity index (χ2v) is 13.6. The van der Waals surface area contributed by atoms with Crippen LogP contribution in [0.1, 0.15) is 77.7 Å². The van der Waals surface area contributed by atoms with Crippen LogP contribution in [-0.2, 0) is 25.5 Å². The highest BCUT2D eigenvalue weighted by atomic mass is 16.6. The van der Waals surface area contributed by atoms with E-state index < -0.39 is 53.1 Å². The van der Waals surface area contributed by atoms with Crippen LogP contribution in [0.3, 0.4) is 0 Å². The minimum absolute atomic E-state index is 0.0358. The number of nitrogens with one attached hydrogen (secondary N) is 3. The molecule has 1 aliphatic carbocycles. The van der Waals surface area contributed by atoms with Crippen molar-refractivity contribution < 1.29 is 33.8 Å². The maximum absolute atomic E-state index is 14.1. The van der Waals surface area contributed by atoms with Crippen molar-refractivity contribution >= 4 is 35.6 Å². The maximum atomic E-state index is 14.1. The van der Waals surface area contributed by atoms with Crippen LogP contribution in [0.2, 0.25) is 0 Å². The van der Waals surface area contributed by atoms with Gasteiger partial charge >= 0.3 is 18.1 Å². The number of anilines is 1. The molecule has 3 heterocycles. The summed E-state index contributed by atoms with van der Waals surface area (Å²) in [5.41, 5.74) is -0.296. The quantitative estimate of drug-likeness (QED) is 0.376. The molecule has 5 rings (SSSR count). The van der Waals surface area contributed by atoms with E-state index in [1.54, 1.807) is 25.7 Å². The van der Waals surface area contributed by atoms with Crippen LogP contribution in [0.4, 0.5) is 15.3 Å². The molecule has 3 aliphatic heterocycles. The zero-order valence-corrected chi connectivity index (χ0v) is 26.3. The third-order valence-corrected chi connectivity index (χ3v) is 9.03. The molecule has 0 radical (unpaired) electrons. The summed E-state index contributed by atoms with van der Waals surface area (Å²) in [5, 5.41) is 18.6. The second kappa shape index (κ2) is 13.1. The van der Waals surface area contributed by atoms with Crippen molar-refractivity contribution in [3.05, 3.63) is 42.0 Å². The van der Waals surface area contributed by atoms with Gasteiger partial charge in [-0.1, -0.05) is 43.2 Å². The summed E-state index contributed by atoms with van der Waals surface area (Å²) in [4.78, 5) is 69.7. The Hall–Kier alpha value is -4.09. The smallest absolute Gasteiger partial charge is 0.408 e. The number of carbonyl (C=O) groups is 5. The van der Waals surface area contributed by atoms with Gasteiger partial charge in [0, 0.05) is 24.7 Å². The predicted octanol–water partition coefficient (Wildman–Crippen LogP) is 3.49. The molecule has 0 spiro atoms. The first kappa shape index (κ1) is 32.3. The second-order valence-electron chi connectivity index (χ2n) is 13.6. The fourth-order valence-corrected chi connectivity index (χ4v) is 6.65. The Balaban J connectivity index is 1.39. The molecule has 1 saturated heterocycles. The number of allylic oxidation sites excluding steroid dienone is 1. The van der Waals surface area contributed by atoms with Crippen LogP contribution in [0.15, 0.2) is 36.4 Å². The van der Waals surface area contributed by atoms with Crippen LogP contribution < -0.4 is 20.9 Å². The molecular formula is C33H45N5O7. The van der Waals surface area contributed by atoms with Gasteiger partial charge in [0.25, 0.3) is 0 Å². The predicted molar refractivity (Wildman–Crippen MR) is 167 cm³/mol. The van der Waals surface area contributed by atoms with Gasteiger partial charge in [-0.05, 0) is 77.3 Å². The Bertz CT molecular complexity index is 1360. The number of hydrogen-bond donors (Lipinski definition) is 4. The highest BCUT2D eigenvalue weighted by Gasteiger charge is 2.61. The minimum Gasteiger partial charge on any atom is -0.479 e. The van der Waals surface area contributed by atoms with Gasteiger partial charge in [-0.25, -0.2) is 14.4 Å². The number of para-hydroxylation sites is 1. The number of hydrogen-bond acceptors (Lipinski definition) is 6. The normalized spacial score (nSPS) is 29.5. The van der Waals surface area contributed by atoms with Gasteiger partial charge in [0.05, 0.1) is 6.04 Å². The molecule has 12 nitrogen and oxygen atoms in total. The number of benzene rings is 1. The largest absolute Gasteiger partial charge is 0.479 e. The lowest BCUT2D eigenvalue weighted by atomic mass is 10.0. The van der Waals surface area contributed by atoms with E-state index in [0.29, 0.717) is 19.4 Å². The summed E-state index contributed by atoms with van der Waals surface area (Å²) in [7, 11) is 0. The first-order valence-corrected chi connectivity index (χ1v) is 16.1. The van der Waals surface area contributed by atoms with E-state index in [-0.39, 0.29) is 31.3 Å². The number of aliphatic carboxylic acids is 1. The number of aryl methyl sites for hydroxylation is 1. The molecule has 12 heteroatoms. The number of carbonyl (C=O) groups excluding carboxylic acids is 4. The van der Waals surface area contributed by atoms with Crippen molar-refractivity contribution in [2.24, 2.45) is 5.92 Å². The zero-order valence-electron chi connectivity index (χ0n) is 26.3. The average Bonchev–Trinajstić information content (AvgIpc) is 3.51. The van der Waals surface area contributed by atoms with Gasteiger partial charge in [-0.2, -0.15) is 0 Å². The van der Waals surface area contributed by atoms with Crippen LogP contribution in [0.25, 0.3) is 0 Å². The monoisotopic (exact) mass is 623 g/mol. The number of fused-ring (bicyclic) bond motifs is 3. The minimum atomic E-state index is -1.44. The van der Waals surface area contributed by atoms with Crippen LogP contribution >= 0.6 is 0 Å². The highest BCUT2D eigenvalue weighted by molar-refractivity contribution is 5.97. The standard InChI is InChI=1S/C33H45N5O7/c1-32(2,3)45-31(44)35-24-15-8-6-4-5-7-14-22-19-33(22,29(41)42)36-27(39)26-18-23(20-38(26)28(24)40)34-30(43)37-17-11-13-21-12-9-10-16-25(21)37/h7,9-10,12,14,16,22-24,26H,4-6,8,11,13,15,17-20H2,1-3H3,(H,34,43)(H,35,44)(H,36,39)(H,41,42)/b14-7-/t22-,23+,24-,26-,33+/m0/s1. The van der Waals surface area contributed by atoms with Gasteiger partial charge in [0.1, 0.15) is 23.2 Å². The van der Waals surface area contributed by atoms with Gasteiger partial charge in [0.2, 0.25) is 11.8 Å². The van der Waals surface area contributed by atoms with E-state index in [0.717, 1.165) is 43.4 Å². The van der Waals surface area contributed by atoms with Crippen LogP contribution in [0, 0.1) is 5.92 Å². The molecule has 1 saturated carbocycles. The van der Waals surface area contributed by atoms with Gasteiger partial charge in [-0.15, -0.1) is 0 Å². The molecule has 0 unspecified atom stereocenters. The fraction of sp³-hybridized carbons (Fsp3) is 0.606. The first-order chi connectivity index (χ1) is 21.4. The fourth-order valence-electron chi connectivity index (χ4n) is 6.65. The number of ether oxygens (including phenoxy) is 1. The molecule has 0 bridgehead atoms. The Labute approximate surface area is 263 Å². The molecule has 244 valence electrons. The van der Waals surface area contributed by atoms with Crippen LogP contribution in [0.5, 0.6) is 0 Å². The number of amides is 5. The summed E-state index contributed by atoms with van der Waals surface area (Å²) in [6.45, 7) is 5.78. The van der Waals surface area contributed by atoms with Crippen molar-refractivity contribution in [2.45, 2.75) is 108 Å². The summed E-state index contributed by atoms with van der Waals surface area (Å²) in [6.07, 6.45) is 8.52. The highest BCUT2D eigenvalue weighted by Crippen LogP contribution is 2.45. The number of carboxylic acids is 1. The lowest BCUT2D eigenvalue weighted by Gasteiger charge is -2.31. The Morgan fingerprint density at radius 3 is 2.60 bits per heavy atom. The molecule has 5 atom stereocenters. The van der Waals surface area contributed by atoms with Crippen molar-refractivity contribution in [1.82, 2.24) is 20.9 Å². The molecule has 1 aromatic rings. The summed E-state index contributed by atoms with van der Waals surface area (Å²) >= 11 is 0. The Morgan fingerprint density at radius 1 is 1.07 bits per heavy atom. The first-order valence-electron chi connectivity index (χ1n) is 16.1. The number of alkyl carbamates (subject to hydrolysis) is 1. The topological polar surface area (TPSA) is 157 Å². The van der Waals surface area contributed by atoms with E-state index in [1.165, 1.54) is 4.90 Å². The SMILES string of the molecule is CC(C)(C)OC(=O)N[C@H]1CCCCC/C=C\[C@H]2C[C@@]2(C(=O)O)NC(=O)[C@@H]2C[C@@H](NC(=O)N3CCCc4ccccc43)CN2C1=O. The van der Waals surface area contributed by atoms with Gasteiger partial charge in [-0.3, -0.25) is 14.5 Å². The number of rotatable bonds is 3. The zero-order chi connectivity index (χ0) is 32.4. The Kier molecular flexibility index (Phi) is 9.41. The van der Waals surface area contributed by atoms with E-state index in [9.17, 15) is 29.1 Å². The maximum Gasteiger partial charge on any atom is 0.408 e. The third kappa shape index (κ3) is 7.42. The van der Waals surface area contributed by atoms with Crippen molar-refractivity contribution in [1.29, 1.82) is 0 Å². The summed E-state index contributed by atoms with van der Waals surface area (Å²) in [6, 6.07) is 4.86. The van der Waals surface area contributed by atoms with E-state index in [1.807, 2.05) is 36.4 Å². The molecule has 4 aliphatic rings. The van der Waals surface area contributed by atoms with E-state index in [2.05, 4.69) is 16.0 Å². The molecule has 1 aromatic carbocycles. The van der Waals surface area contributed by atoms with E-state index in [4.69, 9.17) is 4.74 Å². The summed E-state index contributed by atoms with van der Waals surface area (Å²) < 4.78 is 5.44. The number of carboxylic acid groups (broad SMARTS) is 1. The Morgan fingerprint density at radius 2 is 1.84 bits per heavy atom. The van der Waals surface area contributed by atoms with Crippen molar-refractivity contribution in [2.75, 3.05) is 18.0 Å². The number of urea groups is 1. The number of nitrogens with zero attached hydrogens (tertiary/aromatic N) is 2. The third-order valence-electron chi connectivity index (χ3n) is 9.03. The summed E-state index contributed by atoms with van der Waals surface area (Å²) in [5.74, 6) is -2.52. The lowest BCUT2D eigenvalue weighted by Crippen LogP contribution is -2.56. The molecule has 5 amide bonds. The molecule has 4 N–H and O–H groups in total. The molecule has 0 aromatic heterocycles. The average molecular weight is 624 g/mol. The molecule has 2 fully saturated rings.